The van der Waals surface area contributed by atoms with E-state index in [1.54, 1.807) is 0 Å². The Morgan fingerprint density at radius 3 is 2.19 bits per heavy atom. The topological polar surface area (TPSA) is 35.5 Å². The maximum atomic E-state index is 10.1. The molecular formula is C13H30N2O. The molecule has 2 unspecified atom stereocenters. The van der Waals surface area contributed by atoms with E-state index >= 15 is 0 Å². The standard InChI is InChI=1S/C13H30N2O/c1-11(2)7-8-12(3)14-9-13(4,16)10-15(5)6/h11-12,14,16H,7-10H2,1-6H3. The van der Waals surface area contributed by atoms with Gasteiger partial charge in [-0.25, -0.2) is 0 Å². The summed E-state index contributed by atoms with van der Waals surface area (Å²) in [6.45, 7) is 9.91. The molecule has 2 N–H and O–H groups in total. The number of hydrogen-bond donors (Lipinski definition) is 2. The summed E-state index contributed by atoms with van der Waals surface area (Å²) in [7, 11) is 3.97. The van der Waals surface area contributed by atoms with Crippen LogP contribution in [0.1, 0.15) is 40.5 Å². The van der Waals surface area contributed by atoms with Crippen LogP contribution in [0.25, 0.3) is 0 Å². The van der Waals surface area contributed by atoms with Crippen molar-refractivity contribution in [1.29, 1.82) is 0 Å². The fraction of sp³-hybridized carbons (Fsp3) is 1.00. The van der Waals surface area contributed by atoms with Crippen LogP contribution in [0.3, 0.4) is 0 Å². The minimum atomic E-state index is -0.643. The molecule has 98 valence electrons. The van der Waals surface area contributed by atoms with Crippen LogP contribution < -0.4 is 5.32 Å². The SMILES string of the molecule is CC(C)CCC(C)NCC(C)(O)CN(C)C. The zero-order valence-corrected chi connectivity index (χ0v) is 11.9. The molecule has 0 amide bonds. The highest BCUT2D eigenvalue weighted by Crippen LogP contribution is 2.08. The maximum Gasteiger partial charge on any atom is 0.0869 e. The third-order valence-corrected chi connectivity index (χ3v) is 2.67. The van der Waals surface area contributed by atoms with Gasteiger partial charge in [0.05, 0.1) is 5.60 Å². The summed E-state index contributed by atoms with van der Waals surface area (Å²) in [6.07, 6.45) is 2.42. The van der Waals surface area contributed by atoms with Crippen LogP contribution in [-0.4, -0.2) is 48.8 Å². The first-order chi connectivity index (χ1) is 7.23. The van der Waals surface area contributed by atoms with Crippen molar-refractivity contribution in [2.24, 2.45) is 5.92 Å². The average molecular weight is 230 g/mol. The van der Waals surface area contributed by atoms with Gasteiger partial charge in [0.2, 0.25) is 0 Å². The van der Waals surface area contributed by atoms with E-state index in [0.717, 1.165) is 5.92 Å². The first-order valence-electron chi connectivity index (χ1n) is 6.33. The molecule has 0 radical (unpaired) electrons. The quantitative estimate of drug-likeness (QED) is 0.666. The third-order valence-electron chi connectivity index (χ3n) is 2.67. The van der Waals surface area contributed by atoms with Gasteiger partial charge in [0.25, 0.3) is 0 Å². The second-order valence-corrected chi connectivity index (χ2v) is 5.99. The predicted molar refractivity (Wildman–Crippen MR) is 70.7 cm³/mol. The van der Waals surface area contributed by atoms with Crippen LogP contribution in [0, 0.1) is 5.92 Å². The molecule has 0 aromatic carbocycles. The highest BCUT2D eigenvalue weighted by atomic mass is 16.3. The van der Waals surface area contributed by atoms with E-state index in [0.29, 0.717) is 19.1 Å². The molecule has 3 nitrogen and oxygen atoms in total. The smallest absolute Gasteiger partial charge is 0.0869 e. The van der Waals surface area contributed by atoms with Gasteiger partial charge in [0, 0.05) is 19.1 Å². The first kappa shape index (κ1) is 15.9. The lowest BCUT2D eigenvalue weighted by Crippen LogP contribution is -2.47. The number of aliphatic hydroxyl groups is 1. The molecule has 16 heavy (non-hydrogen) atoms. The second-order valence-electron chi connectivity index (χ2n) is 5.99. The van der Waals surface area contributed by atoms with E-state index in [4.69, 9.17) is 0 Å². The zero-order chi connectivity index (χ0) is 12.8. The Bertz CT molecular complexity index is 179. The van der Waals surface area contributed by atoms with E-state index in [-0.39, 0.29) is 0 Å². The van der Waals surface area contributed by atoms with Gasteiger partial charge in [0.1, 0.15) is 0 Å². The van der Waals surface area contributed by atoms with E-state index in [1.165, 1.54) is 12.8 Å². The second kappa shape index (κ2) is 7.25. The number of nitrogens with one attached hydrogen (secondary N) is 1. The Morgan fingerprint density at radius 2 is 1.75 bits per heavy atom. The highest BCUT2D eigenvalue weighted by Gasteiger charge is 2.21. The van der Waals surface area contributed by atoms with Crippen molar-refractivity contribution in [2.45, 2.75) is 52.2 Å². The summed E-state index contributed by atoms with van der Waals surface area (Å²) >= 11 is 0. The summed E-state index contributed by atoms with van der Waals surface area (Å²) in [5.74, 6) is 0.756. The Kier molecular flexibility index (Phi) is 7.20. The normalized spacial score (nSPS) is 17.8. The average Bonchev–Trinajstić information content (AvgIpc) is 2.09. The summed E-state index contributed by atoms with van der Waals surface area (Å²) in [4.78, 5) is 2.01. The molecule has 0 saturated heterocycles. The van der Waals surface area contributed by atoms with Gasteiger partial charge in [-0.15, -0.1) is 0 Å². The first-order valence-corrected chi connectivity index (χ1v) is 6.33. The van der Waals surface area contributed by atoms with Crippen molar-refractivity contribution in [2.75, 3.05) is 27.2 Å². The van der Waals surface area contributed by atoms with Crippen molar-refractivity contribution in [1.82, 2.24) is 10.2 Å². The van der Waals surface area contributed by atoms with Crippen LogP contribution >= 0.6 is 0 Å². The van der Waals surface area contributed by atoms with Crippen molar-refractivity contribution in [3.05, 3.63) is 0 Å². The molecular weight excluding hydrogens is 200 g/mol. The molecule has 0 saturated carbocycles. The lowest BCUT2D eigenvalue weighted by atomic mass is 10.0. The van der Waals surface area contributed by atoms with Crippen LogP contribution in [0.2, 0.25) is 0 Å². The fourth-order valence-corrected chi connectivity index (χ4v) is 1.82. The summed E-state index contributed by atoms with van der Waals surface area (Å²) < 4.78 is 0. The summed E-state index contributed by atoms with van der Waals surface area (Å²) in [5, 5.41) is 13.5. The predicted octanol–water partition coefficient (Wildman–Crippen LogP) is 1.71. The number of nitrogens with zero attached hydrogens (tertiary/aromatic N) is 1. The van der Waals surface area contributed by atoms with Crippen molar-refractivity contribution < 1.29 is 5.11 Å². The minimum absolute atomic E-state index is 0.482. The summed E-state index contributed by atoms with van der Waals surface area (Å²) in [6, 6.07) is 0.482. The molecule has 0 spiro atoms. The molecule has 0 aliphatic heterocycles. The van der Waals surface area contributed by atoms with E-state index in [2.05, 4.69) is 26.1 Å². The minimum Gasteiger partial charge on any atom is -0.388 e. The van der Waals surface area contributed by atoms with E-state index in [9.17, 15) is 5.11 Å². The lowest BCUT2D eigenvalue weighted by Gasteiger charge is -2.29. The molecule has 2 atom stereocenters. The van der Waals surface area contributed by atoms with Crippen molar-refractivity contribution >= 4 is 0 Å². The van der Waals surface area contributed by atoms with E-state index in [1.807, 2.05) is 25.9 Å². The molecule has 0 aliphatic rings. The maximum absolute atomic E-state index is 10.1. The van der Waals surface area contributed by atoms with Crippen molar-refractivity contribution in [3.8, 4) is 0 Å². The molecule has 0 bridgehead atoms. The zero-order valence-electron chi connectivity index (χ0n) is 11.9. The van der Waals surface area contributed by atoms with Gasteiger partial charge in [-0.3, -0.25) is 0 Å². The number of rotatable bonds is 8. The molecule has 0 aromatic heterocycles. The Hall–Kier alpha value is -0.120. The van der Waals surface area contributed by atoms with Crippen molar-refractivity contribution in [3.63, 3.8) is 0 Å². The van der Waals surface area contributed by atoms with Gasteiger partial charge in [-0.2, -0.15) is 0 Å². The number of hydrogen-bond acceptors (Lipinski definition) is 3. The monoisotopic (exact) mass is 230 g/mol. The Balaban J connectivity index is 3.76. The highest BCUT2D eigenvalue weighted by molar-refractivity contribution is 4.79. The number of likely N-dealkylation sites (N-methyl/N-ethyl adjacent to an activating group) is 1. The Labute approximate surface area is 101 Å². The molecule has 0 heterocycles. The molecule has 0 aliphatic carbocycles. The summed E-state index contributed by atoms with van der Waals surface area (Å²) in [5.41, 5.74) is -0.643. The van der Waals surface area contributed by atoms with Crippen LogP contribution in [0.4, 0.5) is 0 Å². The third kappa shape index (κ3) is 9.13. The van der Waals surface area contributed by atoms with E-state index < -0.39 is 5.60 Å². The van der Waals surface area contributed by atoms with Crippen LogP contribution in [0.5, 0.6) is 0 Å². The Morgan fingerprint density at radius 1 is 1.19 bits per heavy atom. The largest absolute Gasteiger partial charge is 0.388 e. The molecule has 3 heteroatoms. The van der Waals surface area contributed by atoms with Gasteiger partial charge in [-0.1, -0.05) is 13.8 Å². The fourth-order valence-electron chi connectivity index (χ4n) is 1.82. The lowest BCUT2D eigenvalue weighted by molar-refractivity contribution is 0.0314. The molecule has 0 rings (SSSR count). The van der Waals surface area contributed by atoms with Gasteiger partial charge >= 0.3 is 0 Å². The van der Waals surface area contributed by atoms with Crippen LogP contribution in [0.15, 0.2) is 0 Å². The molecule has 0 aromatic rings. The molecule has 0 fully saturated rings. The van der Waals surface area contributed by atoms with Crippen LogP contribution in [-0.2, 0) is 0 Å². The van der Waals surface area contributed by atoms with Gasteiger partial charge < -0.3 is 15.3 Å². The van der Waals surface area contributed by atoms with Gasteiger partial charge in [-0.05, 0) is 46.7 Å². The van der Waals surface area contributed by atoms with Gasteiger partial charge in [0.15, 0.2) is 0 Å².